The largest absolute Gasteiger partial charge is 0.493 e. The van der Waals surface area contributed by atoms with Gasteiger partial charge in [0.25, 0.3) is 0 Å². The number of hydrogen-bond donors (Lipinski definition) is 1. The monoisotopic (exact) mass is 440 g/mol. The molecule has 0 radical (unpaired) electrons. The first-order valence-corrected chi connectivity index (χ1v) is 9.78. The number of nitroso groups, excluding NO2 is 1. The maximum Gasteiger partial charge on any atom is 0.327 e. The van der Waals surface area contributed by atoms with E-state index in [-0.39, 0.29) is 11.5 Å². The molecule has 0 atom stereocenters. The first-order valence-electron chi connectivity index (χ1n) is 9.40. The Morgan fingerprint density at radius 2 is 1.84 bits per heavy atom. The van der Waals surface area contributed by atoms with Crippen molar-refractivity contribution in [2.45, 2.75) is 6.42 Å². The van der Waals surface area contributed by atoms with Crippen LogP contribution in [0.3, 0.4) is 0 Å². The highest BCUT2D eigenvalue weighted by atomic mass is 35.5. The minimum absolute atomic E-state index is 0.0325. The van der Waals surface area contributed by atoms with Crippen LogP contribution in [0.5, 0.6) is 11.5 Å². The summed E-state index contributed by atoms with van der Waals surface area (Å²) in [6.45, 7) is 0.362. The van der Waals surface area contributed by atoms with Gasteiger partial charge in [0, 0.05) is 23.8 Å². The van der Waals surface area contributed by atoms with Crippen LogP contribution in [0.2, 0.25) is 5.02 Å². The Morgan fingerprint density at radius 3 is 2.52 bits per heavy atom. The Balaban J connectivity index is 1.89. The molecule has 0 aliphatic carbocycles. The molecule has 31 heavy (non-hydrogen) atoms. The lowest BCUT2D eigenvalue weighted by atomic mass is 10.1. The molecule has 1 aromatic heterocycles. The first kappa shape index (κ1) is 22.0. The van der Waals surface area contributed by atoms with Crippen LogP contribution in [0.1, 0.15) is 5.56 Å². The third kappa shape index (κ3) is 5.29. The average Bonchev–Trinajstić information content (AvgIpc) is 2.80. The Labute approximate surface area is 184 Å². The normalized spacial score (nSPS) is 10.3. The van der Waals surface area contributed by atoms with E-state index in [1.165, 1.54) is 31.4 Å². The quantitative estimate of drug-likeness (QED) is 0.483. The summed E-state index contributed by atoms with van der Waals surface area (Å²) >= 11 is 5.91. The van der Waals surface area contributed by atoms with Crippen molar-refractivity contribution >= 4 is 34.8 Å². The van der Waals surface area contributed by atoms with Gasteiger partial charge in [-0.05, 0) is 53.6 Å². The number of urea groups is 1. The smallest absolute Gasteiger partial charge is 0.327 e. The van der Waals surface area contributed by atoms with E-state index in [4.69, 9.17) is 21.1 Å². The number of amides is 2. The molecule has 9 heteroatoms. The Kier molecular flexibility index (Phi) is 7.40. The van der Waals surface area contributed by atoms with Crippen molar-refractivity contribution < 1.29 is 14.3 Å². The van der Waals surface area contributed by atoms with Gasteiger partial charge in [-0.25, -0.2) is 14.7 Å². The van der Waals surface area contributed by atoms with E-state index in [1.54, 1.807) is 36.4 Å². The second-order valence-electron chi connectivity index (χ2n) is 6.42. The number of nitrogens with one attached hydrogen (secondary N) is 1. The van der Waals surface area contributed by atoms with Crippen LogP contribution in [-0.4, -0.2) is 31.8 Å². The number of anilines is 2. The fourth-order valence-electron chi connectivity index (χ4n) is 2.98. The van der Waals surface area contributed by atoms with Gasteiger partial charge in [0.15, 0.2) is 23.0 Å². The molecule has 0 fully saturated rings. The molecule has 1 heterocycles. The third-order valence-corrected chi connectivity index (χ3v) is 4.76. The number of benzene rings is 2. The van der Waals surface area contributed by atoms with E-state index >= 15 is 0 Å². The minimum atomic E-state index is -0.468. The maximum atomic E-state index is 13.1. The summed E-state index contributed by atoms with van der Waals surface area (Å²) in [7, 11) is 3.02. The number of pyridine rings is 1. The number of aromatic nitrogens is 1. The number of halogens is 1. The van der Waals surface area contributed by atoms with Gasteiger partial charge in [-0.1, -0.05) is 23.7 Å². The van der Waals surface area contributed by atoms with Gasteiger partial charge in [-0.3, -0.25) is 0 Å². The van der Waals surface area contributed by atoms with E-state index in [0.717, 1.165) is 5.56 Å². The molecule has 0 unspecified atom stereocenters. The number of rotatable bonds is 8. The molecule has 0 aliphatic heterocycles. The molecule has 160 valence electrons. The van der Waals surface area contributed by atoms with Gasteiger partial charge in [0.1, 0.15) is 0 Å². The van der Waals surface area contributed by atoms with Crippen LogP contribution in [0.15, 0.2) is 66.0 Å². The number of ether oxygens (including phenoxy) is 2. The molecule has 8 nitrogen and oxygen atoms in total. The Morgan fingerprint density at radius 1 is 1.10 bits per heavy atom. The van der Waals surface area contributed by atoms with Crippen molar-refractivity contribution in [3.05, 3.63) is 76.3 Å². The topological polar surface area (TPSA) is 93.1 Å². The standard InChI is InChI=1S/C22H21ClN4O4/c1-30-19-10-9-17(14-20(19)31-2)27(21-18(26-29)4-3-12-24-21)22(28)25-13-11-15-5-7-16(23)8-6-15/h3-10,12,14H,11,13H2,1-2H3,(H,25,28). The van der Waals surface area contributed by atoms with Crippen LogP contribution in [0, 0.1) is 4.91 Å². The number of nitrogens with zero attached hydrogens (tertiary/aromatic N) is 3. The van der Waals surface area contributed by atoms with E-state index in [2.05, 4.69) is 15.5 Å². The predicted molar refractivity (Wildman–Crippen MR) is 120 cm³/mol. The summed E-state index contributed by atoms with van der Waals surface area (Å²) < 4.78 is 10.6. The van der Waals surface area contributed by atoms with Crippen molar-refractivity contribution in [1.82, 2.24) is 10.3 Å². The SMILES string of the molecule is COc1ccc(N(C(=O)NCCc2ccc(Cl)cc2)c2ncccc2N=O)cc1OC. The van der Waals surface area contributed by atoms with Crippen LogP contribution in [-0.2, 0) is 6.42 Å². The lowest BCUT2D eigenvalue weighted by Gasteiger charge is -2.24. The van der Waals surface area contributed by atoms with Crippen molar-refractivity contribution in [3.63, 3.8) is 0 Å². The van der Waals surface area contributed by atoms with Crippen molar-refractivity contribution in [3.8, 4) is 11.5 Å². The molecule has 0 saturated heterocycles. The highest BCUT2D eigenvalue weighted by Gasteiger charge is 2.24. The number of methoxy groups -OCH3 is 2. The van der Waals surface area contributed by atoms with Gasteiger partial charge in [-0.15, -0.1) is 4.91 Å². The van der Waals surface area contributed by atoms with Crippen LogP contribution in [0.4, 0.5) is 22.0 Å². The van der Waals surface area contributed by atoms with Gasteiger partial charge in [-0.2, -0.15) is 0 Å². The van der Waals surface area contributed by atoms with E-state index in [9.17, 15) is 9.70 Å². The molecule has 0 spiro atoms. The fraction of sp³-hybridized carbons (Fsp3) is 0.182. The third-order valence-electron chi connectivity index (χ3n) is 4.51. The zero-order valence-corrected chi connectivity index (χ0v) is 17.8. The molecule has 2 amide bonds. The van der Waals surface area contributed by atoms with E-state index in [0.29, 0.717) is 35.2 Å². The summed E-state index contributed by atoms with van der Waals surface area (Å²) in [6.07, 6.45) is 2.09. The molecule has 3 rings (SSSR count). The molecular weight excluding hydrogens is 420 g/mol. The lowest BCUT2D eigenvalue weighted by Crippen LogP contribution is -2.38. The second-order valence-corrected chi connectivity index (χ2v) is 6.86. The van der Waals surface area contributed by atoms with Crippen molar-refractivity contribution in [2.75, 3.05) is 25.7 Å². The minimum Gasteiger partial charge on any atom is -0.493 e. The summed E-state index contributed by atoms with van der Waals surface area (Å²) in [4.78, 5) is 30.0. The molecule has 0 saturated carbocycles. The van der Waals surface area contributed by atoms with Gasteiger partial charge in [0.2, 0.25) is 0 Å². The first-order chi connectivity index (χ1) is 15.1. The zero-order valence-electron chi connectivity index (χ0n) is 17.0. The van der Waals surface area contributed by atoms with Crippen molar-refractivity contribution in [2.24, 2.45) is 5.18 Å². The number of hydrogen-bond acceptors (Lipinski definition) is 6. The summed E-state index contributed by atoms with van der Waals surface area (Å²) in [5, 5.41) is 6.52. The Hall–Kier alpha value is -3.65. The maximum absolute atomic E-state index is 13.1. The molecule has 2 aromatic carbocycles. The van der Waals surface area contributed by atoms with Gasteiger partial charge < -0.3 is 14.8 Å². The molecule has 1 N–H and O–H groups in total. The lowest BCUT2D eigenvalue weighted by molar-refractivity contribution is 0.248. The van der Waals surface area contributed by atoms with Crippen molar-refractivity contribution in [1.29, 1.82) is 0 Å². The average molecular weight is 441 g/mol. The zero-order chi connectivity index (χ0) is 22.2. The fourth-order valence-corrected chi connectivity index (χ4v) is 3.10. The molecule has 3 aromatic rings. The molecule has 0 bridgehead atoms. The van der Waals surface area contributed by atoms with Gasteiger partial charge in [0.05, 0.1) is 19.9 Å². The molecule has 0 aliphatic rings. The number of carbonyl (C=O) groups is 1. The summed E-state index contributed by atoms with van der Waals surface area (Å²) in [5.74, 6) is 1.04. The molecular formula is C22H21ClN4O4. The van der Waals surface area contributed by atoms with Crippen LogP contribution < -0.4 is 19.7 Å². The highest BCUT2D eigenvalue weighted by molar-refractivity contribution is 6.30. The summed E-state index contributed by atoms with van der Waals surface area (Å²) in [5.41, 5.74) is 1.49. The Bertz CT molecular complexity index is 1060. The van der Waals surface area contributed by atoms with E-state index in [1.807, 2.05) is 12.1 Å². The van der Waals surface area contributed by atoms with E-state index < -0.39 is 6.03 Å². The van der Waals surface area contributed by atoms with Crippen LogP contribution in [0.25, 0.3) is 0 Å². The summed E-state index contributed by atoms with van der Waals surface area (Å²) in [6, 6.07) is 14.9. The van der Waals surface area contributed by atoms with Crippen LogP contribution >= 0.6 is 11.6 Å². The van der Waals surface area contributed by atoms with Gasteiger partial charge >= 0.3 is 6.03 Å². The predicted octanol–water partition coefficient (Wildman–Crippen LogP) is 5.24. The second kappa shape index (κ2) is 10.4. The highest BCUT2D eigenvalue weighted by Crippen LogP contribution is 2.37. The number of carbonyl (C=O) groups excluding carboxylic acids is 1.